The van der Waals surface area contributed by atoms with E-state index >= 15 is 0 Å². The molecule has 142 valence electrons. The predicted octanol–water partition coefficient (Wildman–Crippen LogP) is 3.03. The highest BCUT2D eigenvalue weighted by atomic mass is 16.6. The summed E-state index contributed by atoms with van der Waals surface area (Å²) in [5.74, 6) is 0.208. The SMILES string of the molecule is COc1ccc(C(=O)NCCCC(=O)Oc2ccc([N+](=O)[O-])c(C)c2)cc1. The summed E-state index contributed by atoms with van der Waals surface area (Å²) in [6.45, 7) is 1.89. The average Bonchev–Trinajstić information content (AvgIpc) is 2.65. The van der Waals surface area contributed by atoms with Crippen LogP contribution >= 0.6 is 0 Å². The lowest BCUT2D eigenvalue weighted by atomic mass is 10.2. The zero-order valence-corrected chi connectivity index (χ0v) is 15.1. The zero-order valence-electron chi connectivity index (χ0n) is 15.1. The molecule has 2 rings (SSSR count). The van der Waals surface area contributed by atoms with E-state index in [4.69, 9.17) is 9.47 Å². The van der Waals surface area contributed by atoms with Gasteiger partial charge in [0.15, 0.2) is 0 Å². The first-order valence-corrected chi connectivity index (χ1v) is 8.28. The number of hydrogen-bond acceptors (Lipinski definition) is 6. The van der Waals surface area contributed by atoms with Gasteiger partial charge in [-0.2, -0.15) is 0 Å². The number of nitro benzene ring substituents is 1. The highest BCUT2D eigenvalue weighted by Gasteiger charge is 2.13. The minimum atomic E-state index is -0.494. The molecule has 2 aromatic carbocycles. The third-order valence-electron chi connectivity index (χ3n) is 3.79. The van der Waals surface area contributed by atoms with E-state index in [1.54, 1.807) is 38.3 Å². The van der Waals surface area contributed by atoms with Crippen LogP contribution in [0.2, 0.25) is 0 Å². The molecule has 0 saturated heterocycles. The molecule has 0 heterocycles. The van der Waals surface area contributed by atoms with Gasteiger partial charge < -0.3 is 14.8 Å². The summed E-state index contributed by atoms with van der Waals surface area (Å²) in [5, 5.41) is 13.5. The highest BCUT2D eigenvalue weighted by Crippen LogP contribution is 2.23. The Hall–Kier alpha value is -3.42. The lowest BCUT2D eigenvalue weighted by molar-refractivity contribution is -0.385. The van der Waals surface area contributed by atoms with Crippen molar-refractivity contribution in [2.75, 3.05) is 13.7 Å². The van der Waals surface area contributed by atoms with Gasteiger partial charge in [0.25, 0.3) is 11.6 Å². The van der Waals surface area contributed by atoms with Crippen LogP contribution in [-0.2, 0) is 4.79 Å². The molecule has 0 saturated carbocycles. The van der Waals surface area contributed by atoms with Gasteiger partial charge in [-0.3, -0.25) is 19.7 Å². The first-order valence-electron chi connectivity index (χ1n) is 8.28. The summed E-state index contributed by atoms with van der Waals surface area (Å²) in [5.41, 5.74) is 0.882. The molecule has 0 atom stereocenters. The average molecular weight is 372 g/mol. The largest absolute Gasteiger partial charge is 0.497 e. The van der Waals surface area contributed by atoms with E-state index in [9.17, 15) is 19.7 Å². The van der Waals surface area contributed by atoms with Crippen molar-refractivity contribution in [2.24, 2.45) is 0 Å². The van der Waals surface area contributed by atoms with Gasteiger partial charge in [0.1, 0.15) is 11.5 Å². The maximum absolute atomic E-state index is 12.0. The van der Waals surface area contributed by atoms with Gasteiger partial charge in [0, 0.05) is 30.2 Å². The van der Waals surface area contributed by atoms with Crippen molar-refractivity contribution in [2.45, 2.75) is 19.8 Å². The van der Waals surface area contributed by atoms with Crippen molar-refractivity contribution >= 4 is 17.6 Å². The maximum Gasteiger partial charge on any atom is 0.311 e. The van der Waals surface area contributed by atoms with Crippen LogP contribution in [0.3, 0.4) is 0 Å². The maximum atomic E-state index is 12.0. The number of aryl methyl sites for hydroxylation is 1. The quantitative estimate of drug-likeness (QED) is 0.251. The topological polar surface area (TPSA) is 108 Å². The number of rotatable bonds is 8. The van der Waals surface area contributed by atoms with E-state index in [1.807, 2.05) is 0 Å². The van der Waals surface area contributed by atoms with Crippen LogP contribution in [0.5, 0.6) is 11.5 Å². The molecule has 0 radical (unpaired) electrons. The zero-order chi connectivity index (χ0) is 19.8. The lowest BCUT2D eigenvalue weighted by Gasteiger charge is -2.07. The number of hydrogen-bond donors (Lipinski definition) is 1. The molecule has 0 aliphatic rings. The van der Waals surface area contributed by atoms with Gasteiger partial charge in [-0.1, -0.05) is 0 Å². The van der Waals surface area contributed by atoms with Crippen molar-refractivity contribution in [1.82, 2.24) is 5.32 Å². The number of carbonyl (C=O) groups excluding carboxylic acids is 2. The molecule has 0 spiro atoms. The number of esters is 1. The molecular formula is C19H20N2O6. The minimum Gasteiger partial charge on any atom is -0.497 e. The lowest BCUT2D eigenvalue weighted by Crippen LogP contribution is -2.25. The van der Waals surface area contributed by atoms with Crippen LogP contribution < -0.4 is 14.8 Å². The van der Waals surface area contributed by atoms with Crippen LogP contribution in [0.15, 0.2) is 42.5 Å². The molecule has 1 amide bonds. The number of nitrogens with zero attached hydrogens (tertiary/aromatic N) is 1. The first-order chi connectivity index (χ1) is 12.9. The second kappa shape index (κ2) is 9.33. The van der Waals surface area contributed by atoms with E-state index in [-0.39, 0.29) is 23.8 Å². The van der Waals surface area contributed by atoms with Crippen LogP contribution in [0, 0.1) is 17.0 Å². The number of carbonyl (C=O) groups is 2. The van der Waals surface area contributed by atoms with Crippen molar-refractivity contribution in [1.29, 1.82) is 0 Å². The number of amides is 1. The molecular weight excluding hydrogens is 352 g/mol. The standard InChI is InChI=1S/C19H20N2O6/c1-13-12-16(9-10-17(13)21(24)25)27-18(22)4-3-11-20-19(23)14-5-7-15(26-2)8-6-14/h5-10,12H,3-4,11H2,1-2H3,(H,20,23). The fraction of sp³-hybridized carbons (Fsp3) is 0.263. The number of methoxy groups -OCH3 is 1. The van der Waals surface area contributed by atoms with Crippen LogP contribution in [0.4, 0.5) is 5.69 Å². The van der Waals surface area contributed by atoms with E-state index in [0.29, 0.717) is 29.8 Å². The third-order valence-corrected chi connectivity index (χ3v) is 3.79. The van der Waals surface area contributed by atoms with Crippen molar-refractivity contribution in [3.63, 3.8) is 0 Å². The molecule has 0 aliphatic heterocycles. The van der Waals surface area contributed by atoms with Gasteiger partial charge in [-0.25, -0.2) is 0 Å². The number of nitro groups is 1. The van der Waals surface area contributed by atoms with Crippen LogP contribution in [0.1, 0.15) is 28.8 Å². The molecule has 0 aliphatic carbocycles. The smallest absolute Gasteiger partial charge is 0.311 e. The van der Waals surface area contributed by atoms with Gasteiger partial charge >= 0.3 is 5.97 Å². The van der Waals surface area contributed by atoms with Gasteiger partial charge in [0.2, 0.25) is 0 Å². The normalized spacial score (nSPS) is 10.1. The van der Waals surface area contributed by atoms with E-state index in [0.717, 1.165) is 0 Å². The summed E-state index contributed by atoms with van der Waals surface area (Å²) in [7, 11) is 1.55. The summed E-state index contributed by atoms with van der Waals surface area (Å²) in [4.78, 5) is 34.1. The van der Waals surface area contributed by atoms with Gasteiger partial charge in [-0.15, -0.1) is 0 Å². The Labute approximate surface area is 156 Å². The Bertz CT molecular complexity index is 833. The Morgan fingerprint density at radius 3 is 2.37 bits per heavy atom. The Morgan fingerprint density at radius 2 is 1.78 bits per heavy atom. The van der Waals surface area contributed by atoms with Crippen LogP contribution in [-0.4, -0.2) is 30.5 Å². The van der Waals surface area contributed by atoms with Crippen LogP contribution in [0.25, 0.3) is 0 Å². The first kappa shape index (κ1) is 19.9. The van der Waals surface area contributed by atoms with Gasteiger partial charge in [0.05, 0.1) is 12.0 Å². The molecule has 0 unspecified atom stereocenters. The summed E-state index contributed by atoms with van der Waals surface area (Å²) >= 11 is 0. The van der Waals surface area contributed by atoms with E-state index in [2.05, 4.69) is 5.32 Å². The molecule has 1 N–H and O–H groups in total. The predicted molar refractivity (Wildman–Crippen MR) is 98.0 cm³/mol. The van der Waals surface area contributed by atoms with Crippen molar-refractivity contribution in [3.05, 3.63) is 63.7 Å². The molecule has 0 aromatic heterocycles. The highest BCUT2D eigenvalue weighted by molar-refractivity contribution is 5.94. The molecule has 27 heavy (non-hydrogen) atoms. The van der Waals surface area contributed by atoms with Gasteiger partial charge in [-0.05, 0) is 49.7 Å². The fourth-order valence-corrected chi connectivity index (χ4v) is 2.36. The van der Waals surface area contributed by atoms with E-state index in [1.165, 1.54) is 18.2 Å². The molecule has 0 fully saturated rings. The van der Waals surface area contributed by atoms with Crippen molar-refractivity contribution < 1.29 is 24.0 Å². The Kier molecular flexibility index (Phi) is 6.87. The summed E-state index contributed by atoms with van der Waals surface area (Å²) in [6, 6.07) is 10.8. The second-order valence-corrected chi connectivity index (χ2v) is 5.77. The number of nitrogens with one attached hydrogen (secondary N) is 1. The molecule has 8 nitrogen and oxygen atoms in total. The Morgan fingerprint density at radius 1 is 1.11 bits per heavy atom. The monoisotopic (exact) mass is 372 g/mol. The Balaban J connectivity index is 1.75. The number of ether oxygens (including phenoxy) is 2. The van der Waals surface area contributed by atoms with Crippen molar-refractivity contribution in [3.8, 4) is 11.5 Å². The molecule has 2 aromatic rings. The summed E-state index contributed by atoms with van der Waals surface area (Å²) in [6.07, 6.45) is 0.519. The fourth-order valence-electron chi connectivity index (χ4n) is 2.36. The third kappa shape index (κ3) is 5.81. The molecule has 8 heteroatoms. The number of benzene rings is 2. The minimum absolute atomic E-state index is 0.0314. The summed E-state index contributed by atoms with van der Waals surface area (Å²) < 4.78 is 10.2. The second-order valence-electron chi connectivity index (χ2n) is 5.77. The molecule has 0 bridgehead atoms. The van der Waals surface area contributed by atoms with E-state index < -0.39 is 10.9 Å².